The molecule has 16 heavy (non-hydrogen) atoms. The van der Waals surface area contributed by atoms with Crippen LogP contribution in [0.5, 0.6) is 0 Å². The first-order valence-corrected chi connectivity index (χ1v) is 5.42. The van der Waals surface area contributed by atoms with Crippen LogP contribution in [0.3, 0.4) is 0 Å². The number of likely N-dealkylation sites (tertiary alicyclic amines) is 1. The largest absolute Gasteiger partial charge is 0.396 e. The zero-order valence-electron chi connectivity index (χ0n) is 9.04. The molecule has 1 heterocycles. The molecule has 1 amide bonds. The van der Waals surface area contributed by atoms with E-state index >= 15 is 0 Å². The van der Waals surface area contributed by atoms with Crippen molar-refractivity contribution in [2.24, 2.45) is 11.7 Å². The van der Waals surface area contributed by atoms with E-state index in [1.165, 1.54) is 0 Å². The predicted octanol–water partition coefficient (Wildman–Crippen LogP) is 0.137. The first-order chi connectivity index (χ1) is 7.72. The van der Waals surface area contributed by atoms with E-state index in [2.05, 4.69) is 0 Å². The fourth-order valence-corrected chi connectivity index (χ4v) is 1.86. The Morgan fingerprint density at radius 3 is 2.62 bits per heavy atom. The Kier molecular flexibility index (Phi) is 3.22. The van der Waals surface area contributed by atoms with Gasteiger partial charge >= 0.3 is 0 Å². The molecule has 1 saturated heterocycles. The Hall–Kier alpha value is -1.39. The van der Waals surface area contributed by atoms with Gasteiger partial charge in [-0.15, -0.1) is 0 Å². The lowest BCUT2D eigenvalue weighted by atomic mass is 9.98. The third-order valence-electron chi connectivity index (χ3n) is 2.95. The number of nitrogens with two attached hydrogens (primary N) is 1. The summed E-state index contributed by atoms with van der Waals surface area (Å²) in [6, 6.07) is 8.76. The highest BCUT2D eigenvalue weighted by Gasteiger charge is 2.32. The summed E-state index contributed by atoms with van der Waals surface area (Å²) in [6.45, 7) is 1.39. The molecular weight excluding hydrogens is 204 g/mol. The monoisotopic (exact) mass is 220 g/mol. The SMILES string of the molecule is NC(C(=O)N1CC(CO)C1)c1ccccc1. The number of aliphatic hydroxyl groups is 1. The van der Waals surface area contributed by atoms with Gasteiger partial charge in [-0.3, -0.25) is 4.79 Å². The van der Waals surface area contributed by atoms with E-state index in [9.17, 15) is 4.79 Å². The molecule has 0 bridgehead atoms. The first-order valence-electron chi connectivity index (χ1n) is 5.42. The third kappa shape index (κ3) is 2.08. The zero-order valence-corrected chi connectivity index (χ0v) is 9.04. The topological polar surface area (TPSA) is 66.6 Å². The van der Waals surface area contributed by atoms with Crippen LogP contribution in [0.25, 0.3) is 0 Å². The molecule has 1 aromatic rings. The van der Waals surface area contributed by atoms with E-state index in [0.29, 0.717) is 13.1 Å². The average Bonchev–Trinajstić information content (AvgIpc) is 2.27. The Bertz CT molecular complexity index is 361. The van der Waals surface area contributed by atoms with Crippen LogP contribution in [0.4, 0.5) is 0 Å². The summed E-state index contributed by atoms with van der Waals surface area (Å²) in [7, 11) is 0. The number of benzene rings is 1. The van der Waals surface area contributed by atoms with Crippen LogP contribution in [0.1, 0.15) is 11.6 Å². The molecule has 1 aliphatic rings. The average molecular weight is 220 g/mol. The van der Waals surface area contributed by atoms with Gasteiger partial charge in [0.15, 0.2) is 0 Å². The van der Waals surface area contributed by atoms with Crippen LogP contribution >= 0.6 is 0 Å². The number of rotatable bonds is 3. The third-order valence-corrected chi connectivity index (χ3v) is 2.95. The van der Waals surface area contributed by atoms with Crippen molar-refractivity contribution in [2.45, 2.75) is 6.04 Å². The minimum Gasteiger partial charge on any atom is -0.396 e. The summed E-state index contributed by atoms with van der Waals surface area (Å²) in [4.78, 5) is 13.6. The van der Waals surface area contributed by atoms with Crippen LogP contribution in [-0.4, -0.2) is 35.6 Å². The molecule has 1 atom stereocenters. The Morgan fingerprint density at radius 2 is 2.06 bits per heavy atom. The van der Waals surface area contributed by atoms with Gasteiger partial charge in [0.1, 0.15) is 6.04 Å². The number of aliphatic hydroxyl groups excluding tert-OH is 1. The number of hydrogen-bond donors (Lipinski definition) is 2. The molecule has 1 fully saturated rings. The molecule has 1 aliphatic heterocycles. The molecule has 3 N–H and O–H groups in total. The molecule has 0 aliphatic carbocycles. The molecule has 0 saturated carbocycles. The van der Waals surface area contributed by atoms with E-state index < -0.39 is 6.04 Å². The van der Waals surface area contributed by atoms with Crippen LogP contribution in [0.2, 0.25) is 0 Å². The van der Waals surface area contributed by atoms with E-state index in [1.807, 2.05) is 30.3 Å². The highest BCUT2D eigenvalue weighted by Crippen LogP contribution is 2.20. The number of hydrogen-bond acceptors (Lipinski definition) is 3. The van der Waals surface area contributed by atoms with Crippen LogP contribution in [-0.2, 0) is 4.79 Å². The summed E-state index contributed by atoms with van der Waals surface area (Å²) in [6.07, 6.45) is 0. The summed E-state index contributed by atoms with van der Waals surface area (Å²) >= 11 is 0. The molecule has 4 heteroatoms. The Labute approximate surface area is 94.7 Å². The minimum absolute atomic E-state index is 0.0594. The minimum atomic E-state index is -0.583. The lowest BCUT2D eigenvalue weighted by Gasteiger charge is -2.39. The van der Waals surface area contributed by atoms with Crippen molar-refractivity contribution in [1.82, 2.24) is 4.90 Å². The summed E-state index contributed by atoms with van der Waals surface area (Å²) in [5, 5.41) is 8.87. The van der Waals surface area contributed by atoms with Gasteiger partial charge in [-0.2, -0.15) is 0 Å². The van der Waals surface area contributed by atoms with Crippen molar-refractivity contribution in [3.63, 3.8) is 0 Å². The molecule has 86 valence electrons. The second-order valence-electron chi connectivity index (χ2n) is 4.18. The van der Waals surface area contributed by atoms with Crippen molar-refractivity contribution >= 4 is 5.91 Å². The van der Waals surface area contributed by atoms with Crippen molar-refractivity contribution in [2.75, 3.05) is 19.7 Å². The molecular formula is C12H16N2O2. The quantitative estimate of drug-likeness (QED) is 0.761. The van der Waals surface area contributed by atoms with E-state index in [1.54, 1.807) is 4.90 Å². The number of carbonyl (C=O) groups is 1. The van der Waals surface area contributed by atoms with E-state index in [4.69, 9.17) is 10.8 Å². The second-order valence-corrected chi connectivity index (χ2v) is 4.18. The summed E-state index contributed by atoms with van der Waals surface area (Å²) < 4.78 is 0. The predicted molar refractivity (Wildman–Crippen MR) is 60.5 cm³/mol. The molecule has 1 aromatic carbocycles. The van der Waals surface area contributed by atoms with Crippen molar-refractivity contribution in [3.05, 3.63) is 35.9 Å². The van der Waals surface area contributed by atoms with Crippen molar-refractivity contribution in [3.8, 4) is 0 Å². The summed E-state index contributed by atoms with van der Waals surface area (Å²) in [5.74, 6) is 0.169. The van der Waals surface area contributed by atoms with Gasteiger partial charge in [-0.25, -0.2) is 0 Å². The smallest absolute Gasteiger partial charge is 0.244 e. The maximum atomic E-state index is 11.9. The maximum absolute atomic E-state index is 11.9. The fraction of sp³-hybridized carbons (Fsp3) is 0.417. The van der Waals surface area contributed by atoms with Gasteiger partial charge in [-0.05, 0) is 5.56 Å². The zero-order chi connectivity index (χ0) is 11.5. The Balaban J connectivity index is 1.96. The van der Waals surface area contributed by atoms with Gasteiger partial charge in [-0.1, -0.05) is 30.3 Å². The summed E-state index contributed by atoms with van der Waals surface area (Å²) in [5.41, 5.74) is 6.72. The van der Waals surface area contributed by atoms with E-state index in [0.717, 1.165) is 5.56 Å². The molecule has 2 rings (SSSR count). The van der Waals surface area contributed by atoms with Gasteiger partial charge in [0.2, 0.25) is 5.91 Å². The standard InChI is InChI=1S/C12H16N2O2/c13-11(10-4-2-1-3-5-10)12(16)14-6-9(7-14)8-15/h1-5,9,11,15H,6-8,13H2. The van der Waals surface area contributed by atoms with Gasteiger partial charge in [0.05, 0.1) is 0 Å². The Morgan fingerprint density at radius 1 is 1.44 bits per heavy atom. The van der Waals surface area contributed by atoms with Crippen molar-refractivity contribution in [1.29, 1.82) is 0 Å². The van der Waals surface area contributed by atoms with Crippen molar-refractivity contribution < 1.29 is 9.90 Å². The van der Waals surface area contributed by atoms with Crippen LogP contribution in [0.15, 0.2) is 30.3 Å². The van der Waals surface area contributed by atoms with Gasteiger partial charge in [0, 0.05) is 25.6 Å². The van der Waals surface area contributed by atoms with E-state index in [-0.39, 0.29) is 18.4 Å². The maximum Gasteiger partial charge on any atom is 0.244 e. The molecule has 1 unspecified atom stereocenters. The van der Waals surface area contributed by atoms with Crippen LogP contribution in [0, 0.1) is 5.92 Å². The fourth-order valence-electron chi connectivity index (χ4n) is 1.86. The van der Waals surface area contributed by atoms with Crippen LogP contribution < -0.4 is 5.73 Å². The molecule has 0 aromatic heterocycles. The lowest BCUT2D eigenvalue weighted by Crippen LogP contribution is -2.53. The second kappa shape index (κ2) is 4.63. The highest BCUT2D eigenvalue weighted by molar-refractivity contribution is 5.83. The molecule has 4 nitrogen and oxygen atoms in total. The lowest BCUT2D eigenvalue weighted by molar-refractivity contribution is -0.140. The number of amides is 1. The number of nitrogens with zero attached hydrogens (tertiary/aromatic N) is 1. The molecule has 0 spiro atoms. The number of carbonyl (C=O) groups excluding carboxylic acids is 1. The van der Waals surface area contributed by atoms with Gasteiger partial charge in [0.25, 0.3) is 0 Å². The first kappa shape index (κ1) is 11.1. The van der Waals surface area contributed by atoms with Gasteiger partial charge < -0.3 is 15.7 Å². The normalized spacial score (nSPS) is 18.0. The molecule has 0 radical (unpaired) electrons. The highest BCUT2D eigenvalue weighted by atomic mass is 16.3.